The number of ether oxygens (including phenoxy) is 3. The van der Waals surface area contributed by atoms with E-state index >= 15 is 0 Å². The lowest BCUT2D eigenvalue weighted by Crippen LogP contribution is -2.18. The first-order valence-electron chi connectivity index (χ1n) is 12.9. The summed E-state index contributed by atoms with van der Waals surface area (Å²) >= 11 is 0. The minimum absolute atomic E-state index is 0.137. The fourth-order valence-electron chi connectivity index (χ4n) is 4.23. The SMILES string of the molecule is COc1ccc2nc(-c3ccccc3)cc(C(=O)NN=Cc3ccc(OC(=O)c4ccc([N+](=O)[O-])cc4)c(OC)c3)c2c1. The molecule has 0 aliphatic rings. The Balaban J connectivity index is 1.34. The number of methoxy groups -OCH3 is 2. The number of amides is 1. The number of nitro benzene ring substituents is 1. The molecule has 5 rings (SSSR count). The molecular weight excluding hydrogens is 552 g/mol. The van der Waals surface area contributed by atoms with Crippen LogP contribution in [0.4, 0.5) is 5.69 Å². The van der Waals surface area contributed by atoms with Gasteiger partial charge in [-0.25, -0.2) is 15.2 Å². The van der Waals surface area contributed by atoms with Crippen LogP contribution >= 0.6 is 0 Å². The number of nitrogens with zero attached hydrogens (tertiary/aromatic N) is 3. The molecule has 43 heavy (non-hydrogen) atoms. The summed E-state index contributed by atoms with van der Waals surface area (Å²) in [4.78, 5) is 40.9. The molecule has 0 fully saturated rings. The van der Waals surface area contributed by atoms with E-state index in [0.29, 0.717) is 33.5 Å². The van der Waals surface area contributed by atoms with Crippen molar-refractivity contribution < 1.29 is 28.7 Å². The summed E-state index contributed by atoms with van der Waals surface area (Å²) < 4.78 is 16.1. The maximum Gasteiger partial charge on any atom is 0.343 e. The van der Waals surface area contributed by atoms with Crippen LogP contribution in [-0.2, 0) is 0 Å². The van der Waals surface area contributed by atoms with Gasteiger partial charge in [0.2, 0.25) is 0 Å². The summed E-state index contributed by atoms with van der Waals surface area (Å²) in [5, 5.41) is 15.6. The van der Waals surface area contributed by atoms with Gasteiger partial charge in [-0.05, 0) is 60.2 Å². The number of aromatic nitrogens is 1. The zero-order valence-electron chi connectivity index (χ0n) is 23.0. The first-order chi connectivity index (χ1) is 20.9. The molecule has 0 bridgehead atoms. The monoisotopic (exact) mass is 576 g/mol. The second-order valence-electron chi connectivity index (χ2n) is 9.11. The molecule has 11 nitrogen and oxygen atoms in total. The van der Waals surface area contributed by atoms with Gasteiger partial charge in [-0.15, -0.1) is 0 Å². The van der Waals surface area contributed by atoms with Gasteiger partial charge in [-0.2, -0.15) is 5.10 Å². The van der Waals surface area contributed by atoms with Crippen molar-refractivity contribution in [3.8, 4) is 28.5 Å². The van der Waals surface area contributed by atoms with E-state index in [2.05, 4.69) is 10.5 Å². The average molecular weight is 577 g/mol. The lowest BCUT2D eigenvalue weighted by Gasteiger charge is -2.11. The minimum atomic E-state index is -0.710. The van der Waals surface area contributed by atoms with Gasteiger partial charge in [-0.3, -0.25) is 14.9 Å². The molecule has 1 heterocycles. The minimum Gasteiger partial charge on any atom is -0.497 e. The van der Waals surface area contributed by atoms with Crippen LogP contribution in [0.5, 0.6) is 17.2 Å². The molecule has 11 heteroatoms. The third kappa shape index (κ3) is 6.46. The van der Waals surface area contributed by atoms with E-state index in [4.69, 9.17) is 19.2 Å². The Labute approximate surface area is 245 Å². The zero-order chi connectivity index (χ0) is 30.3. The fraction of sp³-hybridized carbons (Fsp3) is 0.0625. The summed E-state index contributed by atoms with van der Waals surface area (Å²) in [7, 11) is 2.96. The molecule has 1 N–H and O–H groups in total. The Morgan fingerprint density at radius 2 is 1.65 bits per heavy atom. The Hall–Kier alpha value is -6.10. The van der Waals surface area contributed by atoms with Gasteiger partial charge < -0.3 is 14.2 Å². The molecule has 0 spiro atoms. The van der Waals surface area contributed by atoms with Crippen molar-refractivity contribution in [2.75, 3.05) is 14.2 Å². The molecule has 1 aromatic heterocycles. The second-order valence-corrected chi connectivity index (χ2v) is 9.11. The number of carbonyl (C=O) groups excluding carboxylic acids is 2. The number of fused-ring (bicyclic) bond motifs is 1. The fourth-order valence-corrected chi connectivity index (χ4v) is 4.23. The molecule has 0 atom stereocenters. The van der Waals surface area contributed by atoms with Gasteiger partial charge in [0, 0.05) is 23.1 Å². The Kier molecular flexibility index (Phi) is 8.33. The molecule has 0 saturated carbocycles. The summed E-state index contributed by atoms with van der Waals surface area (Å²) in [5.74, 6) is -0.198. The van der Waals surface area contributed by atoms with Crippen LogP contribution in [0.2, 0.25) is 0 Å². The quantitative estimate of drug-likeness (QED) is 0.0762. The first kappa shape index (κ1) is 28.4. The number of nitrogens with one attached hydrogen (secondary N) is 1. The molecule has 0 aliphatic carbocycles. The largest absolute Gasteiger partial charge is 0.497 e. The number of pyridine rings is 1. The molecule has 0 saturated heterocycles. The van der Waals surface area contributed by atoms with E-state index in [0.717, 1.165) is 5.56 Å². The number of non-ortho nitro benzene ring substituents is 1. The number of hydrogen-bond donors (Lipinski definition) is 1. The number of esters is 1. The van der Waals surface area contributed by atoms with Crippen LogP contribution in [0, 0.1) is 10.1 Å². The molecule has 0 aliphatic heterocycles. The molecule has 0 unspecified atom stereocenters. The van der Waals surface area contributed by atoms with Gasteiger partial charge in [0.05, 0.1) is 47.7 Å². The number of hydrogen-bond acceptors (Lipinski definition) is 9. The predicted molar refractivity (Wildman–Crippen MR) is 160 cm³/mol. The van der Waals surface area contributed by atoms with Crippen LogP contribution in [0.3, 0.4) is 0 Å². The van der Waals surface area contributed by atoms with Crippen LogP contribution < -0.4 is 19.6 Å². The Morgan fingerprint density at radius 1 is 0.884 bits per heavy atom. The van der Waals surface area contributed by atoms with Crippen LogP contribution in [0.1, 0.15) is 26.3 Å². The highest BCUT2D eigenvalue weighted by Crippen LogP contribution is 2.30. The van der Waals surface area contributed by atoms with Crippen LogP contribution in [0.15, 0.2) is 102 Å². The van der Waals surface area contributed by atoms with Crippen molar-refractivity contribution in [1.82, 2.24) is 10.4 Å². The molecule has 1 amide bonds. The van der Waals surface area contributed by atoms with Crippen molar-refractivity contribution in [3.05, 3.63) is 124 Å². The standard InChI is InChI=1S/C32H24N4O7/c1-41-24-13-14-27-25(17-24)26(18-28(34-27)21-6-4-3-5-7-21)31(37)35-33-19-20-8-15-29(30(16-20)42-2)43-32(38)22-9-11-23(12-10-22)36(39)40/h3-19H,1-2H3,(H,35,37). The van der Waals surface area contributed by atoms with E-state index in [1.807, 2.05) is 30.3 Å². The molecular formula is C32H24N4O7. The van der Waals surface area contributed by atoms with Gasteiger partial charge in [-0.1, -0.05) is 30.3 Å². The lowest BCUT2D eigenvalue weighted by molar-refractivity contribution is -0.384. The maximum atomic E-state index is 13.3. The number of nitro groups is 1. The van der Waals surface area contributed by atoms with Gasteiger partial charge >= 0.3 is 5.97 Å². The van der Waals surface area contributed by atoms with Gasteiger partial charge in [0.15, 0.2) is 11.5 Å². The van der Waals surface area contributed by atoms with Gasteiger partial charge in [0.1, 0.15) is 5.75 Å². The molecule has 0 radical (unpaired) electrons. The highest BCUT2D eigenvalue weighted by Gasteiger charge is 2.16. The number of rotatable bonds is 9. The van der Waals surface area contributed by atoms with Crippen molar-refractivity contribution in [3.63, 3.8) is 0 Å². The van der Waals surface area contributed by atoms with Gasteiger partial charge in [0.25, 0.3) is 11.6 Å². The maximum absolute atomic E-state index is 13.3. The highest BCUT2D eigenvalue weighted by atomic mass is 16.6. The molecule has 5 aromatic rings. The van der Waals surface area contributed by atoms with Crippen molar-refractivity contribution in [1.29, 1.82) is 0 Å². The Bertz CT molecular complexity index is 1860. The highest BCUT2D eigenvalue weighted by molar-refractivity contribution is 6.07. The first-order valence-corrected chi connectivity index (χ1v) is 12.9. The van der Waals surface area contributed by atoms with E-state index < -0.39 is 16.8 Å². The van der Waals surface area contributed by atoms with Crippen LogP contribution in [-0.4, -0.2) is 42.2 Å². The second kappa shape index (κ2) is 12.6. The predicted octanol–water partition coefficient (Wildman–Crippen LogP) is 5.81. The summed E-state index contributed by atoms with van der Waals surface area (Å²) in [5.41, 5.74) is 5.60. The van der Waals surface area contributed by atoms with Crippen molar-refractivity contribution >= 4 is 34.7 Å². The number of benzene rings is 4. The van der Waals surface area contributed by atoms with Crippen molar-refractivity contribution in [2.45, 2.75) is 0 Å². The van der Waals surface area contributed by atoms with E-state index in [-0.39, 0.29) is 22.7 Å². The average Bonchev–Trinajstić information content (AvgIpc) is 3.04. The number of carbonyl (C=O) groups is 2. The molecule has 214 valence electrons. The van der Waals surface area contributed by atoms with Crippen LogP contribution in [0.25, 0.3) is 22.2 Å². The molecule has 4 aromatic carbocycles. The summed E-state index contributed by atoms with van der Waals surface area (Å²) in [6.45, 7) is 0. The zero-order valence-corrected chi connectivity index (χ0v) is 23.0. The van der Waals surface area contributed by atoms with E-state index in [1.165, 1.54) is 43.7 Å². The smallest absolute Gasteiger partial charge is 0.343 e. The number of hydrazone groups is 1. The third-order valence-electron chi connectivity index (χ3n) is 6.41. The Morgan fingerprint density at radius 3 is 2.35 bits per heavy atom. The van der Waals surface area contributed by atoms with E-state index in [1.54, 1.807) is 43.5 Å². The topological polar surface area (TPSA) is 142 Å². The normalized spacial score (nSPS) is 10.8. The summed E-state index contributed by atoms with van der Waals surface area (Å²) in [6, 6.07) is 26.3. The van der Waals surface area contributed by atoms with E-state index in [9.17, 15) is 19.7 Å². The van der Waals surface area contributed by atoms with Crippen molar-refractivity contribution in [2.24, 2.45) is 5.10 Å². The third-order valence-corrected chi connectivity index (χ3v) is 6.41. The summed E-state index contributed by atoms with van der Waals surface area (Å²) in [6.07, 6.45) is 1.42. The lowest BCUT2D eigenvalue weighted by atomic mass is 10.0.